The maximum Gasteiger partial charge on any atom is 0.330 e. The van der Waals surface area contributed by atoms with Gasteiger partial charge in [0, 0.05) is 12.3 Å². The van der Waals surface area contributed by atoms with Crippen LogP contribution in [-0.4, -0.2) is 51.3 Å². The van der Waals surface area contributed by atoms with Crippen molar-refractivity contribution in [2.75, 3.05) is 13.2 Å². The van der Waals surface area contributed by atoms with Gasteiger partial charge in [-0.1, -0.05) is 6.08 Å². The van der Waals surface area contributed by atoms with Crippen molar-refractivity contribution in [2.24, 2.45) is 0 Å². The Morgan fingerprint density at radius 2 is 2.20 bits per heavy atom. The molecule has 110 valence electrons. The van der Waals surface area contributed by atoms with E-state index in [0.29, 0.717) is 0 Å². The third kappa shape index (κ3) is 2.88. The van der Waals surface area contributed by atoms with Crippen LogP contribution in [0.25, 0.3) is 0 Å². The van der Waals surface area contributed by atoms with E-state index >= 15 is 0 Å². The fraction of sp³-hybridized carbons (Fsp3) is 0.500. The first-order valence-corrected chi connectivity index (χ1v) is 6.06. The summed E-state index contributed by atoms with van der Waals surface area (Å²) in [5, 5.41) is 19.8. The fourth-order valence-electron chi connectivity index (χ4n) is 1.99. The lowest BCUT2D eigenvalue weighted by Gasteiger charge is -2.16. The molecule has 0 radical (unpaired) electrons. The van der Waals surface area contributed by atoms with Gasteiger partial charge in [-0.2, -0.15) is 0 Å². The smallest absolute Gasteiger partial charge is 0.330 e. The summed E-state index contributed by atoms with van der Waals surface area (Å²) in [6.45, 7) is 3.82. The topological polar surface area (TPSA) is 114 Å². The van der Waals surface area contributed by atoms with Crippen molar-refractivity contribution in [2.45, 2.75) is 24.5 Å². The summed E-state index contributed by atoms with van der Waals surface area (Å²) in [5.41, 5.74) is -1.27. The molecule has 1 aliphatic heterocycles. The lowest BCUT2D eigenvalue weighted by molar-refractivity contribution is -0.0652. The van der Waals surface area contributed by atoms with Crippen molar-refractivity contribution >= 4 is 0 Å². The summed E-state index contributed by atoms with van der Waals surface area (Å²) < 4.78 is 11.6. The average molecular weight is 284 g/mol. The number of ether oxygens (including phenoxy) is 2. The number of aliphatic hydroxyl groups is 2. The summed E-state index contributed by atoms with van der Waals surface area (Å²) in [6.07, 6.45) is -1.59. The molecule has 0 amide bonds. The molecule has 0 spiro atoms. The fourth-order valence-corrected chi connectivity index (χ4v) is 1.99. The van der Waals surface area contributed by atoms with Crippen LogP contribution in [0, 0.1) is 0 Å². The molecule has 1 aromatic rings. The zero-order valence-electron chi connectivity index (χ0n) is 10.6. The Morgan fingerprint density at radius 3 is 2.85 bits per heavy atom. The van der Waals surface area contributed by atoms with E-state index in [0.717, 1.165) is 10.6 Å². The van der Waals surface area contributed by atoms with Crippen LogP contribution in [-0.2, 0) is 9.47 Å². The summed E-state index contributed by atoms with van der Waals surface area (Å²) in [6, 6.07) is 1.13. The van der Waals surface area contributed by atoms with E-state index in [4.69, 9.17) is 9.47 Å². The van der Waals surface area contributed by atoms with Crippen LogP contribution >= 0.6 is 0 Å². The van der Waals surface area contributed by atoms with Gasteiger partial charge >= 0.3 is 5.69 Å². The highest BCUT2D eigenvalue weighted by Crippen LogP contribution is 2.28. The Kier molecular flexibility index (Phi) is 4.50. The maximum absolute atomic E-state index is 11.6. The van der Waals surface area contributed by atoms with Crippen molar-refractivity contribution < 1.29 is 19.7 Å². The van der Waals surface area contributed by atoms with Crippen LogP contribution in [0.15, 0.2) is 34.5 Å². The van der Waals surface area contributed by atoms with Gasteiger partial charge in [0.05, 0.1) is 13.2 Å². The lowest BCUT2D eigenvalue weighted by Crippen LogP contribution is -2.37. The highest BCUT2D eigenvalue weighted by atomic mass is 16.6. The lowest BCUT2D eigenvalue weighted by atomic mass is 10.1. The third-order valence-electron chi connectivity index (χ3n) is 2.98. The molecule has 0 saturated carbocycles. The monoisotopic (exact) mass is 284 g/mol. The number of rotatable bonds is 5. The molecule has 3 N–H and O–H groups in total. The first-order valence-electron chi connectivity index (χ1n) is 6.06. The summed E-state index contributed by atoms with van der Waals surface area (Å²) in [5.74, 6) is 0. The maximum atomic E-state index is 11.6. The van der Waals surface area contributed by atoms with Gasteiger partial charge in [-0.25, -0.2) is 4.79 Å². The normalized spacial score (nSPS) is 29.5. The minimum atomic E-state index is -1.30. The van der Waals surface area contributed by atoms with Gasteiger partial charge in [-0.05, 0) is 0 Å². The van der Waals surface area contributed by atoms with Crippen molar-refractivity contribution in [3.63, 3.8) is 0 Å². The van der Waals surface area contributed by atoms with Crippen LogP contribution in [0.4, 0.5) is 0 Å². The number of aromatic nitrogens is 2. The number of hydrogen-bond acceptors (Lipinski definition) is 6. The zero-order valence-corrected chi connectivity index (χ0v) is 10.6. The summed E-state index contributed by atoms with van der Waals surface area (Å²) in [4.78, 5) is 24.7. The van der Waals surface area contributed by atoms with E-state index in [1.54, 1.807) is 6.08 Å². The van der Waals surface area contributed by atoms with E-state index < -0.39 is 35.8 Å². The number of H-pyrrole nitrogens is 1. The van der Waals surface area contributed by atoms with Gasteiger partial charge in [0.25, 0.3) is 5.56 Å². The first kappa shape index (κ1) is 14.7. The van der Waals surface area contributed by atoms with Gasteiger partial charge < -0.3 is 19.7 Å². The van der Waals surface area contributed by atoms with E-state index in [1.165, 1.54) is 6.20 Å². The van der Waals surface area contributed by atoms with E-state index in [9.17, 15) is 19.8 Å². The van der Waals surface area contributed by atoms with Crippen LogP contribution in [0.2, 0.25) is 0 Å². The zero-order chi connectivity index (χ0) is 14.7. The quantitative estimate of drug-likeness (QED) is 0.441. The Labute approximate surface area is 113 Å². The highest BCUT2D eigenvalue weighted by Gasteiger charge is 2.44. The highest BCUT2D eigenvalue weighted by molar-refractivity contribution is 4.93. The molecule has 0 bridgehead atoms. The number of hydrogen-bond donors (Lipinski definition) is 3. The van der Waals surface area contributed by atoms with Crippen molar-refractivity contribution in [1.29, 1.82) is 0 Å². The molecular weight excluding hydrogens is 268 g/mol. The van der Waals surface area contributed by atoms with E-state index in [1.807, 2.05) is 0 Å². The summed E-state index contributed by atoms with van der Waals surface area (Å²) in [7, 11) is 0. The van der Waals surface area contributed by atoms with Crippen molar-refractivity contribution in [1.82, 2.24) is 9.55 Å². The van der Waals surface area contributed by atoms with Crippen LogP contribution in [0.1, 0.15) is 6.23 Å². The largest absolute Gasteiger partial charge is 0.387 e. The van der Waals surface area contributed by atoms with Gasteiger partial charge in [0.1, 0.15) is 18.3 Å². The minimum Gasteiger partial charge on any atom is -0.387 e. The third-order valence-corrected chi connectivity index (χ3v) is 2.98. The molecule has 1 fully saturated rings. The van der Waals surface area contributed by atoms with Gasteiger partial charge in [0.15, 0.2) is 6.23 Å². The molecule has 8 heteroatoms. The average Bonchev–Trinajstić information content (AvgIpc) is 2.68. The second-order valence-electron chi connectivity index (χ2n) is 4.39. The molecular formula is C12H16N2O6. The van der Waals surface area contributed by atoms with Gasteiger partial charge in [-0.15, -0.1) is 6.58 Å². The van der Waals surface area contributed by atoms with E-state index in [2.05, 4.69) is 11.6 Å². The van der Waals surface area contributed by atoms with Gasteiger partial charge in [-0.3, -0.25) is 14.3 Å². The molecule has 4 atom stereocenters. The van der Waals surface area contributed by atoms with Crippen molar-refractivity contribution in [3.05, 3.63) is 45.8 Å². The first-order chi connectivity index (χ1) is 9.54. The molecule has 0 aromatic carbocycles. The molecule has 1 aromatic heterocycles. The number of nitrogens with one attached hydrogen (secondary N) is 1. The number of aliphatic hydroxyl groups excluding tert-OH is 2. The SMILES string of the molecule is C=CCOC[C@@H]1O[C@H](n2ccc(=O)[nH]c2=O)C(O)C1O. The molecule has 2 unspecified atom stereocenters. The van der Waals surface area contributed by atoms with Crippen LogP contribution < -0.4 is 11.2 Å². The Morgan fingerprint density at radius 1 is 1.45 bits per heavy atom. The van der Waals surface area contributed by atoms with E-state index in [-0.39, 0.29) is 13.2 Å². The number of aromatic amines is 1. The standard InChI is InChI=1S/C12H16N2O6/c1-2-5-19-6-7-9(16)10(17)11(20-7)14-4-3-8(15)13-12(14)18/h2-4,7,9-11,16-17H,1,5-6H2,(H,13,15,18)/t7-,9?,10?,11-/m0/s1. The van der Waals surface area contributed by atoms with Crippen LogP contribution in [0.3, 0.4) is 0 Å². The molecule has 2 heterocycles. The van der Waals surface area contributed by atoms with Gasteiger partial charge in [0.2, 0.25) is 0 Å². The second kappa shape index (κ2) is 6.14. The molecule has 1 saturated heterocycles. The second-order valence-corrected chi connectivity index (χ2v) is 4.39. The molecule has 0 aliphatic carbocycles. The minimum absolute atomic E-state index is 0.0544. The molecule has 8 nitrogen and oxygen atoms in total. The summed E-state index contributed by atoms with van der Waals surface area (Å²) >= 11 is 0. The molecule has 20 heavy (non-hydrogen) atoms. The van der Waals surface area contributed by atoms with Crippen LogP contribution in [0.5, 0.6) is 0 Å². The predicted molar refractivity (Wildman–Crippen MR) is 68.3 cm³/mol. The predicted octanol–water partition coefficient (Wildman–Crippen LogP) is -1.64. The number of nitrogens with zero attached hydrogens (tertiary/aromatic N) is 1. The molecule has 1 aliphatic rings. The Bertz CT molecular complexity index is 580. The van der Waals surface area contributed by atoms with Crippen molar-refractivity contribution in [3.8, 4) is 0 Å². The molecule has 2 rings (SSSR count). The Hall–Kier alpha value is -1.74. The Balaban J connectivity index is 2.15.